The number of carbonyl (C=O) groups excluding carboxylic acids is 3. The lowest BCUT2D eigenvalue weighted by molar-refractivity contribution is 0.0642. The van der Waals surface area contributed by atoms with Crippen molar-refractivity contribution in [1.29, 1.82) is 0 Å². The number of likely N-dealkylation sites (N-methyl/N-ethyl adjacent to an activating group) is 1. The molecule has 1 aliphatic rings. The third kappa shape index (κ3) is 4.70. The standard InChI is InChI=1S/C27H27N3O4/c1-29(2)24(19-11-13-21(34-3)14-12-19)16-28-25(31)20-8-6-7-18(15-20)17-30-26(32)22-9-4-5-10-23(22)27(30)33/h4-15,24H,16-17H2,1-3H3,(H,28,31)/t24-/m0/s1. The molecule has 0 aliphatic carbocycles. The highest BCUT2D eigenvalue weighted by Crippen LogP contribution is 2.25. The Kier molecular flexibility index (Phi) is 6.75. The van der Waals surface area contributed by atoms with Crippen molar-refractivity contribution < 1.29 is 19.1 Å². The Balaban J connectivity index is 1.43. The number of imide groups is 1. The molecule has 0 unspecified atom stereocenters. The second-order valence-electron chi connectivity index (χ2n) is 8.41. The van der Waals surface area contributed by atoms with E-state index in [-0.39, 0.29) is 30.3 Å². The van der Waals surface area contributed by atoms with Crippen molar-refractivity contribution in [3.8, 4) is 5.75 Å². The van der Waals surface area contributed by atoms with Crippen LogP contribution in [-0.4, -0.2) is 55.3 Å². The van der Waals surface area contributed by atoms with Gasteiger partial charge >= 0.3 is 0 Å². The SMILES string of the molecule is COc1ccc([C@H](CNC(=O)c2cccc(CN3C(=O)c4ccccc4C3=O)c2)N(C)C)cc1. The molecule has 7 heteroatoms. The van der Waals surface area contributed by atoms with Crippen LogP contribution in [0.25, 0.3) is 0 Å². The van der Waals surface area contributed by atoms with Crippen LogP contribution in [0, 0.1) is 0 Å². The normalized spacial score (nSPS) is 13.7. The molecule has 7 nitrogen and oxygen atoms in total. The topological polar surface area (TPSA) is 79.0 Å². The fourth-order valence-corrected chi connectivity index (χ4v) is 4.09. The minimum atomic E-state index is -0.316. The first-order chi connectivity index (χ1) is 16.4. The first kappa shape index (κ1) is 23.2. The predicted molar refractivity (Wildman–Crippen MR) is 129 cm³/mol. The summed E-state index contributed by atoms with van der Waals surface area (Å²) in [6.45, 7) is 0.528. The van der Waals surface area contributed by atoms with Crippen molar-refractivity contribution in [2.45, 2.75) is 12.6 Å². The van der Waals surface area contributed by atoms with Gasteiger partial charge in [-0.05, 0) is 61.6 Å². The number of nitrogens with one attached hydrogen (secondary N) is 1. The zero-order valence-electron chi connectivity index (χ0n) is 19.4. The van der Waals surface area contributed by atoms with E-state index in [2.05, 4.69) is 5.32 Å². The van der Waals surface area contributed by atoms with Crippen LogP contribution in [0.2, 0.25) is 0 Å². The third-order valence-corrected chi connectivity index (χ3v) is 5.99. The van der Waals surface area contributed by atoms with Crippen molar-refractivity contribution in [3.05, 3.63) is 101 Å². The first-order valence-electron chi connectivity index (χ1n) is 11.0. The fraction of sp³-hybridized carbons (Fsp3) is 0.222. The fourth-order valence-electron chi connectivity index (χ4n) is 4.09. The van der Waals surface area contributed by atoms with E-state index in [0.29, 0.717) is 28.8 Å². The molecular weight excluding hydrogens is 430 g/mol. The molecule has 0 saturated heterocycles. The minimum Gasteiger partial charge on any atom is -0.497 e. The maximum Gasteiger partial charge on any atom is 0.261 e. The van der Waals surface area contributed by atoms with Gasteiger partial charge in [0.05, 0.1) is 30.8 Å². The summed E-state index contributed by atoms with van der Waals surface area (Å²) in [5.74, 6) is -0.0720. The molecular formula is C27H27N3O4. The Bertz CT molecular complexity index is 1190. The number of nitrogens with zero attached hydrogens (tertiary/aromatic N) is 2. The van der Waals surface area contributed by atoms with Crippen LogP contribution >= 0.6 is 0 Å². The van der Waals surface area contributed by atoms with Crippen molar-refractivity contribution in [3.63, 3.8) is 0 Å². The van der Waals surface area contributed by atoms with Gasteiger partial charge in [-0.2, -0.15) is 0 Å². The molecule has 1 aliphatic heterocycles. The van der Waals surface area contributed by atoms with Crippen LogP contribution in [0.4, 0.5) is 0 Å². The van der Waals surface area contributed by atoms with E-state index >= 15 is 0 Å². The number of rotatable bonds is 8. The molecule has 34 heavy (non-hydrogen) atoms. The lowest BCUT2D eigenvalue weighted by Gasteiger charge is -2.25. The summed E-state index contributed by atoms with van der Waals surface area (Å²) in [6, 6.07) is 21.6. The first-order valence-corrected chi connectivity index (χ1v) is 11.0. The summed E-state index contributed by atoms with van der Waals surface area (Å²) in [7, 11) is 5.55. The summed E-state index contributed by atoms with van der Waals surface area (Å²) in [6.07, 6.45) is 0. The lowest BCUT2D eigenvalue weighted by Crippen LogP contribution is -2.34. The van der Waals surface area contributed by atoms with Crippen molar-refractivity contribution in [1.82, 2.24) is 15.1 Å². The van der Waals surface area contributed by atoms with Gasteiger partial charge in [0.2, 0.25) is 0 Å². The average Bonchev–Trinajstić information content (AvgIpc) is 3.09. The molecule has 1 heterocycles. The van der Waals surface area contributed by atoms with Gasteiger partial charge in [0, 0.05) is 12.1 Å². The number of benzene rings is 3. The maximum atomic E-state index is 12.9. The summed E-state index contributed by atoms with van der Waals surface area (Å²) in [5, 5.41) is 3.00. The molecule has 0 bridgehead atoms. The second-order valence-corrected chi connectivity index (χ2v) is 8.41. The lowest BCUT2D eigenvalue weighted by atomic mass is 10.1. The van der Waals surface area contributed by atoms with Crippen molar-refractivity contribution >= 4 is 17.7 Å². The smallest absolute Gasteiger partial charge is 0.261 e. The Labute approximate surface area is 198 Å². The summed E-state index contributed by atoms with van der Waals surface area (Å²) >= 11 is 0. The monoisotopic (exact) mass is 457 g/mol. The molecule has 0 aromatic heterocycles. The highest BCUT2D eigenvalue weighted by atomic mass is 16.5. The Morgan fingerprint density at radius 3 is 2.18 bits per heavy atom. The second kappa shape index (κ2) is 9.89. The van der Waals surface area contributed by atoms with Gasteiger partial charge in [-0.1, -0.05) is 36.4 Å². The van der Waals surface area contributed by atoms with Crippen LogP contribution in [0.15, 0.2) is 72.8 Å². The zero-order valence-corrected chi connectivity index (χ0v) is 19.4. The number of amides is 3. The minimum absolute atomic E-state index is 0.0172. The van der Waals surface area contributed by atoms with Gasteiger partial charge in [-0.25, -0.2) is 0 Å². The number of hydrogen-bond acceptors (Lipinski definition) is 5. The Morgan fingerprint density at radius 2 is 1.59 bits per heavy atom. The van der Waals surface area contributed by atoms with E-state index < -0.39 is 0 Å². The van der Waals surface area contributed by atoms with Gasteiger partial charge in [0.15, 0.2) is 0 Å². The van der Waals surface area contributed by atoms with Gasteiger partial charge < -0.3 is 15.0 Å². The van der Waals surface area contributed by atoms with Gasteiger partial charge in [0.25, 0.3) is 17.7 Å². The molecule has 0 saturated carbocycles. The van der Waals surface area contributed by atoms with E-state index in [1.54, 1.807) is 55.6 Å². The zero-order chi connectivity index (χ0) is 24.2. The van der Waals surface area contributed by atoms with Crippen molar-refractivity contribution in [2.75, 3.05) is 27.7 Å². The highest BCUT2D eigenvalue weighted by Gasteiger charge is 2.35. The number of fused-ring (bicyclic) bond motifs is 1. The number of hydrogen-bond donors (Lipinski definition) is 1. The molecule has 0 spiro atoms. The Morgan fingerprint density at radius 1 is 0.941 bits per heavy atom. The van der Waals surface area contributed by atoms with Crippen molar-refractivity contribution in [2.24, 2.45) is 0 Å². The molecule has 3 aromatic carbocycles. The molecule has 4 rings (SSSR count). The quantitative estimate of drug-likeness (QED) is 0.524. The van der Waals surface area contributed by atoms with Crippen LogP contribution in [-0.2, 0) is 6.54 Å². The maximum absolute atomic E-state index is 12.9. The third-order valence-electron chi connectivity index (χ3n) is 5.99. The summed E-state index contributed by atoms with van der Waals surface area (Å²) < 4.78 is 5.23. The van der Waals surface area contributed by atoms with E-state index in [1.807, 2.05) is 43.3 Å². The molecule has 3 aromatic rings. The van der Waals surface area contributed by atoms with Crippen LogP contribution < -0.4 is 10.1 Å². The number of carbonyl (C=O) groups is 3. The van der Waals surface area contributed by atoms with Crippen LogP contribution in [0.3, 0.4) is 0 Å². The number of methoxy groups -OCH3 is 1. The van der Waals surface area contributed by atoms with E-state index in [1.165, 1.54) is 4.90 Å². The van der Waals surface area contributed by atoms with E-state index in [4.69, 9.17) is 4.74 Å². The van der Waals surface area contributed by atoms with E-state index in [0.717, 1.165) is 11.3 Å². The highest BCUT2D eigenvalue weighted by molar-refractivity contribution is 6.21. The van der Waals surface area contributed by atoms with Gasteiger partial charge in [0.1, 0.15) is 5.75 Å². The molecule has 0 radical (unpaired) electrons. The van der Waals surface area contributed by atoms with Crippen LogP contribution in [0.1, 0.15) is 48.2 Å². The molecule has 174 valence electrons. The number of ether oxygens (including phenoxy) is 1. The molecule has 0 fully saturated rings. The summed E-state index contributed by atoms with van der Waals surface area (Å²) in [5.41, 5.74) is 3.07. The van der Waals surface area contributed by atoms with E-state index in [9.17, 15) is 14.4 Å². The van der Waals surface area contributed by atoms with Crippen LogP contribution in [0.5, 0.6) is 5.75 Å². The molecule has 1 atom stereocenters. The van der Waals surface area contributed by atoms with Gasteiger partial charge in [-0.15, -0.1) is 0 Å². The van der Waals surface area contributed by atoms with Gasteiger partial charge in [-0.3, -0.25) is 19.3 Å². The Hall–Kier alpha value is -3.97. The predicted octanol–water partition coefficient (Wildman–Crippen LogP) is 3.52. The largest absolute Gasteiger partial charge is 0.497 e. The average molecular weight is 458 g/mol. The summed E-state index contributed by atoms with van der Waals surface area (Å²) in [4.78, 5) is 41.5. The molecule has 3 amide bonds. The molecule has 1 N–H and O–H groups in total.